The fraction of sp³-hybridized carbons (Fsp3) is 0.500. The van der Waals surface area contributed by atoms with Crippen molar-refractivity contribution >= 4 is 6.08 Å². The summed E-state index contributed by atoms with van der Waals surface area (Å²) < 4.78 is 0. The van der Waals surface area contributed by atoms with Gasteiger partial charge in [0.2, 0.25) is 6.08 Å². The molecule has 0 aromatic heterocycles. The highest BCUT2D eigenvalue weighted by atomic mass is 16.1. The molecule has 2 aliphatic rings. The zero-order chi connectivity index (χ0) is 12.5. The number of benzene rings is 1. The van der Waals surface area contributed by atoms with E-state index < -0.39 is 0 Å². The van der Waals surface area contributed by atoms with Crippen LogP contribution in [-0.2, 0) is 4.79 Å². The van der Waals surface area contributed by atoms with Crippen molar-refractivity contribution in [2.75, 3.05) is 0 Å². The topological polar surface area (TPSA) is 40.9 Å². The molecule has 0 aromatic carbocycles. The summed E-state index contributed by atoms with van der Waals surface area (Å²) in [5, 5.41) is 5.40. The van der Waals surface area contributed by atoms with Crippen molar-refractivity contribution in [2.45, 2.75) is 46.5 Å². The van der Waals surface area contributed by atoms with Crippen LogP contribution in [0.4, 0.5) is 0 Å². The summed E-state index contributed by atoms with van der Waals surface area (Å²) >= 11 is 0. The maximum atomic E-state index is 8.35. The Bertz CT molecular complexity index is 406. The quantitative estimate of drug-likeness (QED) is 0.596. The molecule has 1 N–H and O–H groups in total. The molecule has 0 amide bonds. The number of hydrogen-bond acceptors (Lipinski definition) is 2. The van der Waals surface area contributed by atoms with Crippen molar-refractivity contribution in [3.8, 4) is 11.1 Å². The third-order valence-corrected chi connectivity index (χ3v) is 3.07. The molecule has 2 rings (SSSR count). The van der Waals surface area contributed by atoms with E-state index in [9.17, 15) is 0 Å². The van der Waals surface area contributed by atoms with Crippen molar-refractivity contribution in [3.63, 3.8) is 0 Å². The van der Waals surface area contributed by atoms with E-state index in [0.29, 0.717) is 11.8 Å². The Kier molecular flexibility index (Phi) is 3.66. The third-order valence-electron chi connectivity index (χ3n) is 3.07. The van der Waals surface area contributed by atoms with Crippen LogP contribution in [0.3, 0.4) is 0 Å². The van der Waals surface area contributed by atoms with Crippen LogP contribution in [0.1, 0.15) is 56.2 Å². The Morgan fingerprint density at radius 1 is 1.06 bits per heavy atom. The van der Waals surface area contributed by atoms with Crippen LogP contribution in [0.2, 0.25) is 0 Å². The maximum Gasteiger partial charge on any atom is 0.231 e. The van der Waals surface area contributed by atoms with Crippen LogP contribution >= 0.6 is 0 Å². The van der Waals surface area contributed by atoms with Crippen molar-refractivity contribution in [3.05, 3.63) is 22.8 Å². The lowest BCUT2D eigenvalue weighted by Gasteiger charge is -2.03. The van der Waals surface area contributed by atoms with Crippen LogP contribution in [0.15, 0.2) is 6.07 Å². The molecule has 0 atom stereocenters. The summed E-state index contributed by atoms with van der Waals surface area (Å²) in [6.45, 7) is 11.4. The molecule has 2 aliphatic carbocycles. The molecule has 0 spiro atoms. The van der Waals surface area contributed by atoms with Gasteiger partial charge in [-0.1, -0.05) is 33.8 Å². The van der Waals surface area contributed by atoms with E-state index in [1.165, 1.54) is 0 Å². The van der Waals surface area contributed by atoms with Gasteiger partial charge in [-0.25, -0.2) is 10.2 Å². The molecule has 0 radical (unpaired) electrons. The summed E-state index contributed by atoms with van der Waals surface area (Å²) in [5.41, 5.74) is 7.85. The Morgan fingerprint density at radius 2 is 1.38 bits per heavy atom. The van der Waals surface area contributed by atoms with E-state index in [1.54, 1.807) is 27.8 Å². The third kappa shape index (κ3) is 2.07. The minimum Gasteiger partial charge on any atom is -0.222 e. The molecule has 0 aromatic rings. The van der Waals surface area contributed by atoms with Gasteiger partial charge in [0, 0.05) is 0 Å². The van der Waals surface area contributed by atoms with Crippen molar-refractivity contribution in [1.82, 2.24) is 0 Å². The molecule has 0 unspecified atom stereocenters. The van der Waals surface area contributed by atoms with E-state index in [4.69, 9.17) is 10.2 Å². The second-order valence-electron chi connectivity index (χ2n) is 4.84. The predicted octanol–water partition coefficient (Wildman–Crippen LogP) is 4.12. The monoisotopic (exact) mass is 217 g/mol. The van der Waals surface area contributed by atoms with Gasteiger partial charge in [-0.05, 0) is 46.6 Å². The van der Waals surface area contributed by atoms with Gasteiger partial charge in [0.25, 0.3) is 0 Å². The molecule has 0 heterocycles. The van der Waals surface area contributed by atoms with Crippen molar-refractivity contribution in [2.24, 2.45) is 0 Å². The minimum absolute atomic E-state index is 0.679. The highest BCUT2D eigenvalue weighted by molar-refractivity contribution is 5.95. The van der Waals surface area contributed by atoms with Crippen molar-refractivity contribution < 1.29 is 4.79 Å². The lowest BCUT2D eigenvalue weighted by atomic mass is 10.0. The second kappa shape index (κ2) is 4.63. The van der Waals surface area contributed by atoms with E-state index in [0.717, 1.165) is 6.08 Å². The summed E-state index contributed by atoms with van der Waals surface area (Å²) in [6, 6.07) is 2.41. The Morgan fingerprint density at radius 3 is 1.56 bits per heavy atom. The van der Waals surface area contributed by atoms with Crippen molar-refractivity contribution in [1.29, 1.82) is 5.41 Å². The fourth-order valence-corrected chi connectivity index (χ4v) is 2.23. The van der Waals surface area contributed by atoms with Gasteiger partial charge >= 0.3 is 0 Å². The zero-order valence-electron chi connectivity index (χ0n) is 10.6. The predicted molar refractivity (Wildman–Crippen MR) is 66.8 cm³/mol. The van der Waals surface area contributed by atoms with E-state index in [2.05, 4.69) is 40.7 Å². The van der Waals surface area contributed by atoms with Gasteiger partial charge < -0.3 is 0 Å². The highest BCUT2D eigenvalue weighted by Crippen LogP contribution is 2.52. The highest BCUT2D eigenvalue weighted by Gasteiger charge is 2.31. The SMILES string of the molecule is Cc1c2c(C(C)C)cc(C(C)C)c1-2.N=C=O. The van der Waals surface area contributed by atoms with Crippen LogP contribution in [-0.4, -0.2) is 6.08 Å². The Labute approximate surface area is 97.2 Å². The molecule has 0 aliphatic heterocycles. The lowest BCUT2D eigenvalue weighted by Crippen LogP contribution is -1.85. The molecule has 86 valence electrons. The first-order chi connectivity index (χ1) is 7.45. The number of fused-ring (bicyclic) bond motifs is 1. The Balaban J connectivity index is 0.000000386. The average molecular weight is 217 g/mol. The fourth-order valence-electron chi connectivity index (χ4n) is 2.23. The van der Waals surface area contributed by atoms with Crippen LogP contribution in [0.5, 0.6) is 0 Å². The summed E-state index contributed by atoms with van der Waals surface area (Å²) in [5.74, 6) is 1.36. The molecule has 0 saturated carbocycles. The van der Waals surface area contributed by atoms with E-state index >= 15 is 0 Å². The standard InChI is InChI=1S/C13H18.CHNO/c1-7(2)10-6-11(8(3)4)13-9(5)12(10)13;2-1-3/h6-8H,1-5H3;2H. The van der Waals surface area contributed by atoms with Gasteiger partial charge in [0.1, 0.15) is 0 Å². The first-order valence-electron chi connectivity index (χ1n) is 5.67. The molecule has 0 fully saturated rings. The largest absolute Gasteiger partial charge is 0.231 e. The number of carbonyl (C=O) groups excluding carboxylic acids is 1. The maximum absolute atomic E-state index is 8.35. The van der Waals surface area contributed by atoms with Gasteiger partial charge in [-0.2, -0.15) is 0 Å². The number of hydrogen-bond donors (Lipinski definition) is 1. The first kappa shape index (κ1) is 12.7. The summed E-state index contributed by atoms with van der Waals surface area (Å²) in [6.07, 6.45) is 0.750. The molecular formula is C14H19NO. The number of aryl methyl sites for hydroxylation is 1. The van der Waals surface area contributed by atoms with E-state index in [1.807, 2.05) is 0 Å². The first-order valence-corrected chi connectivity index (χ1v) is 5.67. The normalized spacial score (nSPS) is 10.9. The zero-order valence-corrected chi connectivity index (χ0v) is 10.6. The second-order valence-corrected chi connectivity index (χ2v) is 4.84. The minimum atomic E-state index is 0.679. The van der Waals surface area contributed by atoms with Crippen LogP contribution in [0.25, 0.3) is 11.1 Å². The summed E-state index contributed by atoms with van der Waals surface area (Å²) in [7, 11) is 0. The molecular weight excluding hydrogens is 198 g/mol. The van der Waals surface area contributed by atoms with Crippen LogP contribution in [0, 0.1) is 12.3 Å². The number of nitrogens with one attached hydrogen (secondary N) is 1. The smallest absolute Gasteiger partial charge is 0.222 e. The van der Waals surface area contributed by atoms with Gasteiger partial charge in [-0.3, -0.25) is 0 Å². The molecule has 0 bridgehead atoms. The van der Waals surface area contributed by atoms with E-state index in [-0.39, 0.29) is 0 Å². The lowest BCUT2D eigenvalue weighted by molar-refractivity contribution is 0.563. The molecule has 2 nitrogen and oxygen atoms in total. The molecule has 0 saturated heterocycles. The number of isocyanates is 1. The Hall–Kier alpha value is -1.40. The van der Waals surface area contributed by atoms with Gasteiger partial charge in [0.15, 0.2) is 0 Å². The van der Waals surface area contributed by atoms with Gasteiger partial charge in [-0.15, -0.1) is 0 Å². The summed E-state index contributed by atoms with van der Waals surface area (Å²) in [4.78, 5) is 8.35. The molecule has 2 heteroatoms. The average Bonchev–Trinajstić information content (AvgIpc) is 2.68. The van der Waals surface area contributed by atoms with Crippen LogP contribution < -0.4 is 0 Å². The number of rotatable bonds is 2. The molecule has 16 heavy (non-hydrogen) atoms. The van der Waals surface area contributed by atoms with Gasteiger partial charge in [0.05, 0.1) is 0 Å².